The molecular formula is C14H18Zr-6. The molecule has 84 valence electrons. The number of hydrogen-bond acceptors (Lipinski definition) is 0. The van der Waals surface area contributed by atoms with Gasteiger partial charge in [-0.15, -0.1) is 0 Å². The quantitative estimate of drug-likeness (QED) is 0.730. The molecular weight excluding hydrogens is 259 g/mol. The number of hydrogen-bond donors (Lipinski definition) is 0. The van der Waals surface area contributed by atoms with E-state index in [2.05, 4.69) is 32.0 Å². The van der Waals surface area contributed by atoms with Crippen LogP contribution >= 0.6 is 0 Å². The average molecular weight is 278 g/mol. The third-order valence-corrected chi connectivity index (χ3v) is 2.32. The van der Waals surface area contributed by atoms with Gasteiger partial charge in [0, 0.05) is 26.2 Å². The molecule has 0 radical (unpaired) electrons. The van der Waals surface area contributed by atoms with Crippen molar-refractivity contribution in [3.63, 3.8) is 0 Å². The summed E-state index contributed by atoms with van der Waals surface area (Å²) in [6, 6.07) is 16.6. The molecule has 0 heterocycles. The van der Waals surface area contributed by atoms with E-state index in [1.807, 2.05) is 30.3 Å². The first-order valence-corrected chi connectivity index (χ1v) is 5.28. The fraction of sp³-hybridized carbons (Fsp3) is 0.286. The van der Waals surface area contributed by atoms with Crippen molar-refractivity contribution in [1.29, 1.82) is 0 Å². The summed E-state index contributed by atoms with van der Waals surface area (Å²) in [6.45, 7) is 4.41. The Bertz CT molecular complexity index is 281. The molecule has 0 fully saturated rings. The van der Waals surface area contributed by atoms with Crippen molar-refractivity contribution in [3.8, 4) is 0 Å². The van der Waals surface area contributed by atoms with E-state index in [9.17, 15) is 0 Å². The molecule has 1 heteroatoms. The SMILES string of the molecule is CCc1ccc[c-]1CC.[Zr].[cH-]1[cH-][cH-][cH-][cH-]1. The van der Waals surface area contributed by atoms with Crippen molar-refractivity contribution in [1.82, 2.24) is 0 Å². The van der Waals surface area contributed by atoms with Gasteiger partial charge in [-0.05, 0) is 0 Å². The standard InChI is InChI=1S/C9H13.C5H5.Zr/c1-3-8-6-5-7-9(8)4-2;1-2-4-5-3-1;/h5-7H,3-4H2,1-2H3;1-5H;/q-1;-5;. The molecule has 2 rings (SSSR count). The van der Waals surface area contributed by atoms with E-state index in [4.69, 9.17) is 0 Å². The van der Waals surface area contributed by atoms with Crippen LogP contribution in [0.15, 0.2) is 48.5 Å². The first-order chi connectivity index (χ1) is 6.88. The molecule has 0 saturated carbocycles. The molecule has 0 atom stereocenters. The van der Waals surface area contributed by atoms with Crippen LogP contribution in [0.3, 0.4) is 0 Å². The van der Waals surface area contributed by atoms with Crippen molar-refractivity contribution >= 4 is 0 Å². The van der Waals surface area contributed by atoms with Gasteiger partial charge >= 0.3 is 0 Å². The Kier molecular flexibility index (Phi) is 8.61. The summed E-state index contributed by atoms with van der Waals surface area (Å²) in [6.07, 6.45) is 2.35. The molecule has 0 bridgehead atoms. The van der Waals surface area contributed by atoms with E-state index in [1.54, 1.807) is 0 Å². The van der Waals surface area contributed by atoms with Crippen LogP contribution in [-0.2, 0) is 39.0 Å². The molecule has 0 aliphatic rings. The molecule has 0 amide bonds. The molecule has 2 aromatic rings. The Morgan fingerprint density at radius 1 is 1.07 bits per heavy atom. The van der Waals surface area contributed by atoms with Crippen molar-refractivity contribution in [3.05, 3.63) is 59.7 Å². The third kappa shape index (κ3) is 5.28. The summed E-state index contributed by atoms with van der Waals surface area (Å²) in [5.41, 5.74) is 3.02. The van der Waals surface area contributed by atoms with E-state index >= 15 is 0 Å². The summed E-state index contributed by atoms with van der Waals surface area (Å²) < 4.78 is 0. The van der Waals surface area contributed by atoms with Gasteiger partial charge in [0.2, 0.25) is 0 Å². The van der Waals surface area contributed by atoms with E-state index < -0.39 is 0 Å². The van der Waals surface area contributed by atoms with Crippen LogP contribution in [0, 0.1) is 0 Å². The predicted molar refractivity (Wildman–Crippen MR) is 62.8 cm³/mol. The first-order valence-electron chi connectivity index (χ1n) is 5.28. The van der Waals surface area contributed by atoms with Gasteiger partial charge in [0.25, 0.3) is 0 Å². The fourth-order valence-corrected chi connectivity index (χ4v) is 1.51. The second-order valence-electron chi connectivity index (χ2n) is 3.25. The van der Waals surface area contributed by atoms with Crippen LogP contribution in [0.5, 0.6) is 0 Å². The van der Waals surface area contributed by atoms with Crippen LogP contribution in [0.4, 0.5) is 0 Å². The van der Waals surface area contributed by atoms with E-state index in [1.165, 1.54) is 24.0 Å². The maximum atomic E-state index is 2.21. The van der Waals surface area contributed by atoms with Gasteiger partial charge in [0.15, 0.2) is 0 Å². The van der Waals surface area contributed by atoms with E-state index in [0.29, 0.717) is 0 Å². The Morgan fingerprint density at radius 2 is 1.60 bits per heavy atom. The zero-order chi connectivity index (χ0) is 10.2. The summed E-state index contributed by atoms with van der Waals surface area (Å²) in [7, 11) is 0. The minimum atomic E-state index is 0. The molecule has 0 nitrogen and oxygen atoms in total. The summed E-state index contributed by atoms with van der Waals surface area (Å²) in [5, 5.41) is 0. The zero-order valence-electron chi connectivity index (χ0n) is 9.53. The molecule has 0 saturated heterocycles. The van der Waals surface area contributed by atoms with Crippen LogP contribution in [0.1, 0.15) is 25.0 Å². The summed E-state index contributed by atoms with van der Waals surface area (Å²) in [5.74, 6) is 0. The molecule has 0 aliphatic carbocycles. The molecule has 2 aromatic carbocycles. The van der Waals surface area contributed by atoms with Crippen LogP contribution < -0.4 is 0 Å². The number of rotatable bonds is 2. The van der Waals surface area contributed by atoms with Gasteiger partial charge in [-0.2, -0.15) is 17.2 Å². The van der Waals surface area contributed by atoms with Crippen LogP contribution in [0.25, 0.3) is 0 Å². The normalized spacial score (nSPS) is 8.67. The molecule has 0 N–H and O–H groups in total. The molecule has 0 spiro atoms. The van der Waals surface area contributed by atoms with Crippen molar-refractivity contribution in [2.75, 3.05) is 0 Å². The van der Waals surface area contributed by atoms with E-state index in [0.717, 1.165) is 0 Å². The second-order valence-corrected chi connectivity index (χ2v) is 3.25. The summed E-state index contributed by atoms with van der Waals surface area (Å²) >= 11 is 0. The van der Waals surface area contributed by atoms with Gasteiger partial charge < -0.3 is 30.3 Å². The predicted octanol–water partition coefficient (Wildman–Crippen LogP) is 3.93. The minimum Gasteiger partial charge on any atom is -0.748 e. The van der Waals surface area contributed by atoms with Gasteiger partial charge in [-0.25, -0.2) is 12.1 Å². The topological polar surface area (TPSA) is 0 Å². The van der Waals surface area contributed by atoms with Gasteiger partial charge in [0.1, 0.15) is 0 Å². The zero-order valence-corrected chi connectivity index (χ0v) is 12.0. The molecule has 0 aliphatic heterocycles. The summed E-state index contributed by atoms with van der Waals surface area (Å²) in [4.78, 5) is 0. The van der Waals surface area contributed by atoms with Crippen molar-refractivity contribution < 1.29 is 26.2 Å². The van der Waals surface area contributed by atoms with Gasteiger partial charge in [0.05, 0.1) is 0 Å². The molecule has 0 unspecified atom stereocenters. The smallest absolute Gasteiger partial charge is 0 e. The van der Waals surface area contributed by atoms with Crippen molar-refractivity contribution in [2.24, 2.45) is 0 Å². The third-order valence-electron chi connectivity index (χ3n) is 2.32. The Balaban J connectivity index is 0.000000280. The monoisotopic (exact) mass is 276 g/mol. The first kappa shape index (κ1) is 14.6. The average Bonchev–Trinajstić information content (AvgIpc) is 2.91. The molecule has 0 aromatic heterocycles. The molecule has 15 heavy (non-hydrogen) atoms. The minimum absolute atomic E-state index is 0. The van der Waals surface area contributed by atoms with Crippen LogP contribution in [-0.4, -0.2) is 0 Å². The number of aryl methyl sites for hydroxylation is 2. The Labute approximate surface area is 112 Å². The maximum absolute atomic E-state index is 2.21. The maximum Gasteiger partial charge on any atom is 0 e. The van der Waals surface area contributed by atoms with Gasteiger partial charge in [-0.3, -0.25) is 0 Å². The Morgan fingerprint density at radius 3 is 1.93 bits per heavy atom. The van der Waals surface area contributed by atoms with Gasteiger partial charge in [-0.1, -0.05) is 26.7 Å². The van der Waals surface area contributed by atoms with E-state index in [-0.39, 0.29) is 26.2 Å². The fourth-order valence-electron chi connectivity index (χ4n) is 1.51. The largest absolute Gasteiger partial charge is 0.748 e. The second kappa shape index (κ2) is 8.86. The van der Waals surface area contributed by atoms with Crippen LogP contribution in [0.2, 0.25) is 0 Å². The van der Waals surface area contributed by atoms with Crippen molar-refractivity contribution in [2.45, 2.75) is 26.7 Å². The Hall–Kier alpha value is -0.417.